The first kappa shape index (κ1) is 16.2. The van der Waals surface area contributed by atoms with Gasteiger partial charge in [0, 0.05) is 32.7 Å². The van der Waals surface area contributed by atoms with Gasteiger partial charge in [-0.1, -0.05) is 6.07 Å². The molecule has 0 N–H and O–H groups in total. The Labute approximate surface area is 132 Å². The summed E-state index contributed by atoms with van der Waals surface area (Å²) in [4.78, 5) is 4.80. The maximum atomic E-state index is 8.93. The second-order valence-corrected chi connectivity index (χ2v) is 6.00. The van der Waals surface area contributed by atoms with Crippen LogP contribution in [0.15, 0.2) is 17.7 Å². The number of piperazine rings is 1. The zero-order valence-electron chi connectivity index (χ0n) is 13.6. The molecule has 0 atom stereocenters. The van der Waals surface area contributed by atoms with E-state index in [1.807, 2.05) is 19.1 Å². The van der Waals surface area contributed by atoms with Crippen molar-refractivity contribution in [3.63, 3.8) is 0 Å². The Morgan fingerprint density at radius 1 is 1.09 bits per heavy atom. The number of allylic oxidation sites excluding steroid dienone is 1. The SMILES string of the molecule is Cc1cc(C)c(CN2CCN(C)CC2)cc1C=C(C#N)C#N. The molecule has 4 heteroatoms. The summed E-state index contributed by atoms with van der Waals surface area (Å²) in [5, 5.41) is 17.9. The van der Waals surface area contributed by atoms with E-state index in [2.05, 4.69) is 35.9 Å². The molecule has 1 saturated heterocycles. The minimum Gasteiger partial charge on any atom is -0.304 e. The lowest BCUT2D eigenvalue weighted by Gasteiger charge is -2.32. The van der Waals surface area contributed by atoms with Gasteiger partial charge < -0.3 is 4.90 Å². The van der Waals surface area contributed by atoms with Crippen LogP contribution in [0.3, 0.4) is 0 Å². The summed E-state index contributed by atoms with van der Waals surface area (Å²) in [6.45, 7) is 9.43. The highest BCUT2D eigenvalue weighted by Crippen LogP contribution is 2.20. The Bertz CT molecular complexity index is 637. The number of aryl methyl sites for hydroxylation is 2. The molecule has 0 aliphatic carbocycles. The lowest BCUT2D eigenvalue weighted by Crippen LogP contribution is -2.43. The first-order chi connectivity index (χ1) is 10.5. The van der Waals surface area contributed by atoms with Crippen LogP contribution >= 0.6 is 0 Å². The predicted octanol–water partition coefficient (Wildman–Crippen LogP) is 2.48. The van der Waals surface area contributed by atoms with Gasteiger partial charge in [0.15, 0.2) is 0 Å². The number of nitrogens with zero attached hydrogens (tertiary/aromatic N) is 4. The van der Waals surface area contributed by atoms with Gasteiger partial charge in [0.2, 0.25) is 0 Å². The molecule has 1 aromatic rings. The van der Waals surface area contributed by atoms with Crippen LogP contribution in [0.1, 0.15) is 22.3 Å². The average molecular weight is 294 g/mol. The van der Waals surface area contributed by atoms with Crippen molar-refractivity contribution in [3.05, 3.63) is 40.0 Å². The summed E-state index contributed by atoms with van der Waals surface area (Å²) >= 11 is 0. The van der Waals surface area contributed by atoms with Crippen molar-refractivity contribution >= 4 is 6.08 Å². The van der Waals surface area contributed by atoms with Crippen molar-refractivity contribution < 1.29 is 0 Å². The topological polar surface area (TPSA) is 54.1 Å². The molecule has 1 aromatic carbocycles. The maximum absolute atomic E-state index is 8.93. The highest BCUT2D eigenvalue weighted by molar-refractivity contribution is 5.65. The second kappa shape index (κ2) is 7.22. The third-order valence-electron chi connectivity index (χ3n) is 4.26. The highest BCUT2D eigenvalue weighted by atomic mass is 15.2. The molecule has 1 aliphatic rings. The van der Waals surface area contributed by atoms with Gasteiger partial charge in [-0.3, -0.25) is 4.90 Å². The van der Waals surface area contributed by atoms with Gasteiger partial charge >= 0.3 is 0 Å². The van der Waals surface area contributed by atoms with Crippen LogP contribution in [0.25, 0.3) is 6.08 Å². The normalized spacial score (nSPS) is 15.9. The molecule has 22 heavy (non-hydrogen) atoms. The zero-order chi connectivity index (χ0) is 16.1. The fourth-order valence-corrected chi connectivity index (χ4v) is 2.73. The van der Waals surface area contributed by atoms with E-state index >= 15 is 0 Å². The summed E-state index contributed by atoms with van der Waals surface area (Å²) in [6.07, 6.45) is 1.68. The molecule has 1 aliphatic heterocycles. The smallest absolute Gasteiger partial charge is 0.130 e. The van der Waals surface area contributed by atoms with Gasteiger partial charge in [0.05, 0.1) is 0 Å². The van der Waals surface area contributed by atoms with E-state index in [0.717, 1.165) is 43.9 Å². The Morgan fingerprint density at radius 2 is 1.73 bits per heavy atom. The monoisotopic (exact) mass is 294 g/mol. The summed E-state index contributed by atoms with van der Waals surface area (Å²) in [5.74, 6) is 0. The van der Waals surface area contributed by atoms with E-state index in [0.29, 0.717) is 0 Å². The van der Waals surface area contributed by atoms with Gasteiger partial charge in [-0.15, -0.1) is 0 Å². The minimum atomic E-state index is 0.150. The molecule has 1 heterocycles. The van der Waals surface area contributed by atoms with Gasteiger partial charge in [0.1, 0.15) is 17.7 Å². The van der Waals surface area contributed by atoms with Gasteiger partial charge in [-0.25, -0.2) is 0 Å². The molecular weight excluding hydrogens is 272 g/mol. The van der Waals surface area contributed by atoms with Crippen LogP contribution in [0.5, 0.6) is 0 Å². The van der Waals surface area contributed by atoms with Gasteiger partial charge in [0.25, 0.3) is 0 Å². The van der Waals surface area contributed by atoms with E-state index in [4.69, 9.17) is 10.5 Å². The number of benzene rings is 1. The second-order valence-electron chi connectivity index (χ2n) is 6.00. The molecule has 0 saturated carbocycles. The fraction of sp³-hybridized carbons (Fsp3) is 0.444. The summed E-state index contributed by atoms with van der Waals surface area (Å²) in [7, 11) is 2.16. The van der Waals surface area contributed by atoms with Crippen LogP contribution in [0.4, 0.5) is 0 Å². The molecule has 0 amide bonds. The van der Waals surface area contributed by atoms with Crippen LogP contribution in [0, 0.1) is 36.5 Å². The first-order valence-corrected chi connectivity index (χ1v) is 7.56. The highest BCUT2D eigenvalue weighted by Gasteiger charge is 2.15. The quantitative estimate of drug-likeness (QED) is 0.804. The molecule has 0 spiro atoms. The molecule has 0 bridgehead atoms. The standard InChI is InChI=1S/C18H22N4/c1-14-8-15(2)18(10-17(14)9-16(11-19)12-20)13-22-6-4-21(3)5-7-22/h8-10H,4-7,13H2,1-3H3. The Morgan fingerprint density at radius 3 is 2.32 bits per heavy atom. The third kappa shape index (κ3) is 3.95. The van der Waals surface area contributed by atoms with Gasteiger partial charge in [-0.05, 0) is 55.3 Å². The van der Waals surface area contributed by atoms with Crippen molar-refractivity contribution in [2.75, 3.05) is 33.2 Å². The summed E-state index contributed by atoms with van der Waals surface area (Å²) in [6, 6.07) is 8.13. The Hall–Kier alpha value is -2.14. The van der Waals surface area contributed by atoms with Crippen molar-refractivity contribution in [2.45, 2.75) is 20.4 Å². The fourth-order valence-electron chi connectivity index (χ4n) is 2.73. The molecule has 114 valence electrons. The largest absolute Gasteiger partial charge is 0.304 e. The Balaban J connectivity index is 2.24. The van der Waals surface area contributed by atoms with E-state index < -0.39 is 0 Å². The lowest BCUT2D eigenvalue weighted by molar-refractivity contribution is 0.148. The van der Waals surface area contributed by atoms with E-state index in [1.54, 1.807) is 6.08 Å². The van der Waals surface area contributed by atoms with Gasteiger partial charge in [-0.2, -0.15) is 10.5 Å². The van der Waals surface area contributed by atoms with Crippen molar-refractivity contribution in [1.29, 1.82) is 10.5 Å². The first-order valence-electron chi connectivity index (χ1n) is 7.56. The van der Waals surface area contributed by atoms with Crippen molar-refractivity contribution in [3.8, 4) is 12.1 Å². The number of hydrogen-bond donors (Lipinski definition) is 0. The van der Waals surface area contributed by atoms with Crippen LogP contribution in [0.2, 0.25) is 0 Å². The maximum Gasteiger partial charge on any atom is 0.130 e. The summed E-state index contributed by atoms with van der Waals surface area (Å²) in [5.41, 5.74) is 4.76. The molecular formula is C18H22N4. The number of likely N-dealkylation sites (N-methyl/N-ethyl adjacent to an activating group) is 1. The lowest BCUT2D eigenvalue weighted by atomic mass is 9.98. The number of nitriles is 2. The minimum absolute atomic E-state index is 0.150. The average Bonchev–Trinajstić information content (AvgIpc) is 2.51. The summed E-state index contributed by atoms with van der Waals surface area (Å²) < 4.78 is 0. The van der Waals surface area contributed by atoms with Crippen molar-refractivity contribution in [2.24, 2.45) is 0 Å². The number of rotatable bonds is 3. The van der Waals surface area contributed by atoms with Crippen molar-refractivity contribution in [1.82, 2.24) is 9.80 Å². The molecule has 4 nitrogen and oxygen atoms in total. The molecule has 0 aromatic heterocycles. The molecule has 0 unspecified atom stereocenters. The van der Waals surface area contributed by atoms with E-state index in [-0.39, 0.29) is 5.57 Å². The van der Waals surface area contributed by atoms with Crippen LogP contribution < -0.4 is 0 Å². The zero-order valence-corrected chi connectivity index (χ0v) is 13.6. The predicted molar refractivity (Wildman–Crippen MR) is 87.9 cm³/mol. The van der Waals surface area contributed by atoms with Crippen LogP contribution in [-0.2, 0) is 6.54 Å². The molecule has 0 radical (unpaired) electrons. The van der Waals surface area contributed by atoms with Crippen LogP contribution in [-0.4, -0.2) is 43.0 Å². The van der Waals surface area contributed by atoms with E-state index in [9.17, 15) is 0 Å². The molecule has 2 rings (SSSR count). The van der Waals surface area contributed by atoms with E-state index in [1.165, 1.54) is 11.1 Å². The molecule has 1 fully saturated rings. The number of hydrogen-bond acceptors (Lipinski definition) is 4. The Kier molecular flexibility index (Phi) is 5.33. The third-order valence-corrected chi connectivity index (χ3v) is 4.26.